The minimum Gasteiger partial charge on any atom is -0.361 e. The van der Waals surface area contributed by atoms with E-state index in [1.54, 1.807) is 0 Å². The first-order chi connectivity index (χ1) is 10.6. The summed E-state index contributed by atoms with van der Waals surface area (Å²) in [5, 5.41) is 8.07. The molecule has 23 heavy (non-hydrogen) atoms. The van der Waals surface area contributed by atoms with Crippen LogP contribution in [0.3, 0.4) is 0 Å². The summed E-state index contributed by atoms with van der Waals surface area (Å²) in [5.74, 6) is 1.59. The van der Waals surface area contributed by atoms with E-state index in [2.05, 4.69) is 65.8 Å². The number of aromatic amines is 1. The summed E-state index contributed by atoms with van der Waals surface area (Å²) in [6.07, 6.45) is 4.26. The third-order valence-electron chi connectivity index (χ3n) is 3.93. The van der Waals surface area contributed by atoms with Crippen molar-refractivity contribution in [2.45, 2.75) is 33.6 Å². The Morgan fingerprint density at radius 2 is 1.96 bits per heavy atom. The number of hydrogen-bond donors (Lipinski definition) is 3. The number of hydrogen-bond acceptors (Lipinski definition) is 1. The summed E-state index contributed by atoms with van der Waals surface area (Å²) < 4.78 is 0. The molecule has 1 aromatic carbocycles. The quantitative estimate of drug-likeness (QED) is 0.372. The van der Waals surface area contributed by atoms with Gasteiger partial charge in [0.2, 0.25) is 0 Å². The molecule has 128 valence electrons. The number of aromatic nitrogens is 1. The number of H-pyrrole nitrogens is 1. The van der Waals surface area contributed by atoms with Crippen LogP contribution in [0.1, 0.15) is 31.4 Å². The molecule has 0 radical (unpaired) electrons. The van der Waals surface area contributed by atoms with Crippen LogP contribution in [-0.2, 0) is 6.42 Å². The maximum atomic E-state index is 4.27. The molecule has 1 aromatic heterocycles. The molecule has 3 N–H and O–H groups in total. The average molecular weight is 428 g/mol. The van der Waals surface area contributed by atoms with E-state index in [0.29, 0.717) is 5.92 Å². The highest BCUT2D eigenvalue weighted by molar-refractivity contribution is 14.0. The van der Waals surface area contributed by atoms with E-state index >= 15 is 0 Å². The van der Waals surface area contributed by atoms with E-state index in [0.717, 1.165) is 31.9 Å². The van der Waals surface area contributed by atoms with Gasteiger partial charge in [0, 0.05) is 37.2 Å². The second-order valence-electron chi connectivity index (χ2n) is 6.17. The van der Waals surface area contributed by atoms with Gasteiger partial charge in [0.05, 0.1) is 0 Å². The lowest BCUT2D eigenvalue weighted by Gasteiger charge is -2.12. The van der Waals surface area contributed by atoms with Crippen molar-refractivity contribution in [3.8, 4) is 0 Å². The molecule has 0 fully saturated rings. The van der Waals surface area contributed by atoms with E-state index < -0.39 is 0 Å². The smallest absolute Gasteiger partial charge is 0.190 e. The summed E-state index contributed by atoms with van der Waals surface area (Å²) in [4.78, 5) is 7.65. The number of guanidine groups is 1. The van der Waals surface area contributed by atoms with Gasteiger partial charge in [-0.2, -0.15) is 0 Å². The summed E-state index contributed by atoms with van der Waals surface area (Å²) in [7, 11) is 1.82. The molecule has 2 rings (SSSR count). The van der Waals surface area contributed by atoms with Crippen molar-refractivity contribution in [1.29, 1.82) is 0 Å². The number of nitrogens with one attached hydrogen (secondary N) is 3. The predicted octanol–water partition coefficient (Wildman–Crippen LogP) is 3.85. The SMILES string of the molecule is CN=C(NCCc1c[nH]c2c(C)cccc12)NCCC(C)C.I. The molecular formula is C18H29IN4. The van der Waals surface area contributed by atoms with E-state index in [1.807, 2.05) is 7.05 Å². The lowest BCUT2D eigenvalue weighted by molar-refractivity contribution is 0.573. The number of para-hydroxylation sites is 1. The van der Waals surface area contributed by atoms with Crippen LogP contribution in [0.15, 0.2) is 29.4 Å². The molecule has 0 unspecified atom stereocenters. The van der Waals surface area contributed by atoms with Crippen LogP contribution in [0.2, 0.25) is 0 Å². The molecule has 0 saturated carbocycles. The molecule has 0 aliphatic rings. The first-order valence-corrected chi connectivity index (χ1v) is 8.12. The van der Waals surface area contributed by atoms with Crippen LogP contribution in [0, 0.1) is 12.8 Å². The van der Waals surface area contributed by atoms with Gasteiger partial charge in [0.15, 0.2) is 5.96 Å². The van der Waals surface area contributed by atoms with Crippen LogP contribution < -0.4 is 10.6 Å². The molecule has 2 aromatic rings. The van der Waals surface area contributed by atoms with Crippen molar-refractivity contribution in [3.63, 3.8) is 0 Å². The van der Waals surface area contributed by atoms with Gasteiger partial charge in [-0.1, -0.05) is 32.0 Å². The third-order valence-corrected chi connectivity index (χ3v) is 3.93. The standard InChI is InChI=1S/C18H28N4.HI/c1-13(2)8-10-20-18(19-4)21-11-9-15-12-22-17-14(3)6-5-7-16(15)17;/h5-7,12-13,22H,8-11H2,1-4H3,(H2,19,20,21);1H. The Morgan fingerprint density at radius 1 is 1.22 bits per heavy atom. The number of benzene rings is 1. The Labute approximate surface area is 156 Å². The summed E-state index contributed by atoms with van der Waals surface area (Å²) in [5.41, 5.74) is 3.89. The topological polar surface area (TPSA) is 52.2 Å². The fourth-order valence-electron chi connectivity index (χ4n) is 2.59. The van der Waals surface area contributed by atoms with Gasteiger partial charge < -0.3 is 15.6 Å². The first-order valence-electron chi connectivity index (χ1n) is 8.12. The van der Waals surface area contributed by atoms with Gasteiger partial charge in [0.1, 0.15) is 0 Å². The van der Waals surface area contributed by atoms with Crippen LogP contribution in [0.25, 0.3) is 10.9 Å². The van der Waals surface area contributed by atoms with E-state index in [1.165, 1.54) is 22.0 Å². The summed E-state index contributed by atoms with van der Waals surface area (Å²) in [6.45, 7) is 8.45. The highest BCUT2D eigenvalue weighted by atomic mass is 127. The van der Waals surface area contributed by atoms with Crippen molar-refractivity contribution in [3.05, 3.63) is 35.5 Å². The van der Waals surface area contributed by atoms with Crippen molar-refractivity contribution >= 4 is 40.8 Å². The van der Waals surface area contributed by atoms with Crippen LogP contribution >= 0.6 is 24.0 Å². The van der Waals surface area contributed by atoms with Gasteiger partial charge in [-0.15, -0.1) is 24.0 Å². The predicted molar refractivity (Wildman–Crippen MR) is 111 cm³/mol. The highest BCUT2D eigenvalue weighted by Crippen LogP contribution is 2.21. The van der Waals surface area contributed by atoms with E-state index in [9.17, 15) is 0 Å². The zero-order valence-corrected chi connectivity index (χ0v) is 16.9. The molecule has 1 heterocycles. The van der Waals surface area contributed by atoms with Gasteiger partial charge in [0.25, 0.3) is 0 Å². The first kappa shape index (κ1) is 19.8. The average Bonchev–Trinajstić information content (AvgIpc) is 2.90. The van der Waals surface area contributed by atoms with Gasteiger partial charge in [-0.3, -0.25) is 4.99 Å². The van der Waals surface area contributed by atoms with E-state index in [-0.39, 0.29) is 24.0 Å². The Hall–Kier alpha value is -1.24. The van der Waals surface area contributed by atoms with Crippen LogP contribution in [-0.4, -0.2) is 31.1 Å². The second-order valence-corrected chi connectivity index (χ2v) is 6.17. The maximum Gasteiger partial charge on any atom is 0.190 e. The molecule has 0 bridgehead atoms. The van der Waals surface area contributed by atoms with Gasteiger partial charge in [-0.05, 0) is 36.8 Å². The molecule has 0 aliphatic heterocycles. The summed E-state index contributed by atoms with van der Waals surface area (Å²) >= 11 is 0. The molecule has 4 nitrogen and oxygen atoms in total. The molecular weight excluding hydrogens is 399 g/mol. The van der Waals surface area contributed by atoms with Crippen LogP contribution in [0.5, 0.6) is 0 Å². The lowest BCUT2D eigenvalue weighted by atomic mass is 10.1. The van der Waals surface area contributed by atoms with Crippen molar-refractivity contribution in [1.82, 2.24) is 15.6 Å². The molecule has 0 aliphatic carbocycles. The number of aliphatic imine (C=N–C) groups is 1. The molecule has 0 atom stereocenters. The number of rotatable bonds is 6. The second kappa shape index (κ2) is 9.80. The largest absolute Gasteiger partial charge is 0.361 e. The molecule has 5 heteroatoms. The Morgan fingerprint density at radius 3 is 2.65 bits per heavy atom. The Balaban J connectivity index is 0.00000264. The number of aryl methyl sites for hydroxylation is 1. The Kier molecular flexibility index (Phi) is 8.44. The fourth-order valence-corrected chi connectivity index (χ4v) is 2.59. The highest BCUT2D eigenvalue weighted by Gasteiger charge is 2.05. The monoisotopic (exact) mass is 428 g/mol. The van der Waals surface area contributed by atoms with E-state index in [4.69, 9.17) is 0 Å². The minimum absolute atomic E-state index is 0. The molecule has 0 saturated heterocycles. The Bertz CT molecular complexity index is 631. The van der Waals surface area contributed by atoms with Crippen molar-refractivity contribution in [2.24, 2.45) is 10.9 Å². The molecule has 0 spiro atoms. The number of fused-ring (bicyclic) bond motifs is 1. The lowest BCUT2D eigenvalue weighted by Crippen LogP contribution is -2.39. The van der Waals surface area contributed by atoms with Crippen molar-refractivity contribution < 1.29 is 0 Å². The zero-order valence-electron chi connectivity index (χ0n) is 14.6. The minimum atomic E-state index is 0. The summed E-state index contributed by atoms with van der Waals surface area (Å²) in [6, 6.07) is 6.44. The maximum absolute atomic E-state index is 4.27. The fraction of sp³-hybridized carbons (Fsp3) is 0.500. The third kappa shape index (κ3) is 5.71. The van der Waals surface area contributed by atoms with Crippen molar-refractivity contribution in [2.75, 3.05) is 20.1 Å². The number of halogens is 1. The van der Waals surface area contributed by atoms with Crippen LogP contribution in [0.4, 0.5) is 0 Å². The normalized spacial score (nSPS) is 11.6. The number of nitrogens with zero attached hydrogens (tertiary/aromatic N) is 1. The van der Waals surface area contributed by atoms with Gasteiger partial charge >= 0.3 is 0 Å². The zero-order chi connectivity index (χ0) is 15.9. The van der Waals surface area contributed by atoms with Gasteiger partial charge in [-0.25, -0.2) is 0 Å². The molecule has 0 amide bonds.